The van der Waals surface area contributed by atoms with Gasteiger partial charge in [0, 0.05) is 26.2 Å². The van der Waals surface area contributed by atoms with Gasteiger partial charge < -0.3 is 14.4 Å². The summed E-state index contributed by atoms with van der Waals surface area (Å²) in [7, 11) is 0. The number of hydrogen-bond donors (Lipinski definition) is 0. The molecule has 0 radical (unpaired) electrons. The van der Waals surface area contributed by atoms with E-state index in [0.29, 0.717) is 32.8 Å². The van der Waals surface area contributed by atoms with Crippen molar-refractivity contribution in [3.8, 4) is 0 Å². The van der Waals surface area contributed by atoms with Crippen LogP contribution in [-0.4, -0.2) is 61.8 Å². The van der Waals surface area contributed by atoms with E-state index in [4.69, 9.17) is 21.1 Å². The first-order valence-corrected chi connectivity index (χ1v) is 7.72. The van der Waals surface area contributed by atoms with Crippen molar-refractivity contribution in [2.45, 2.75) is 6.10 Å². The van der Waals surface area contributed by atoms with Gasteiger partial charge in [-0.25, -0.2) is 9.18 Å². The van der Waals surface area contributed by atoms with E-state index in [-0.39, 0.29) is 17.2 Å². The van der Waals surface area contributed by atoms with Crippen molar-refractivity contribution < 1.29 is 18.7 Å². The van der Waals surface area contributed by atoms with E-state index in [2.05, 4.69) is 4.90 Å². The molecule has 7 heteroatoms. The van der Waals surface area contributed by atoms with Crippen LogP contribution in [-0.2, 0) is 9.47 Å². The first-order valence-electron chi connectivity index (χ1n) is 7.34. The van der Waals surface area contributed by atoms with E-state index in [1.165, 1.54) is 6.07 Å². The van der Waals surface area contributed by atoms with E-state index >= 15 is 0 Å². The van der Waals surface area contributed by atoms with Gasteiger partial charge in [0.2, 0.25) is 0 Å². The quantitative estimate of drug-likeness (QED) is 0.850. The fourth-order valence-corrected chi connectivity index (χ4v) is 2.90. The predicted molar refractivity (Wildman–Crippen MR) is 79.5 cm³/mol. The molecule has 0 saturated carbocycles. The molecule has 0 N–H and O–H groups in total. The maximum Gasteiger partial charge on any atom is 0.409 e. The summed E-state index contributed by atoms with van der Waals surface area (Å²) >= 11 is 5.83. The number of ether oxygens (including phenoxy) is 2. The molecule has 0 bridgehead atoms. The third kappa shape index (κ3) is 3.51. The van der Waals surface area contributed by atoms with Crippen LogP contribution in [0.3, 0.4) is 0 Å². The summed E-state index contributed by atoms with van der Waals surface area (Å²) in [6.45, 7) is 4.65. The Bertz CT molecular complexity index is 558. The lowest BCUT2D eigenvalue weighted by molar-refractivity contribution is -0.0311. The van der Waals surface area contributed by atoms with Crippen LogP contribution in [0.1, 0.15) is 11.7 Å². The zero-order chi connectivity index (χ0) is 15.5. The average molecular weight is 329 g/mol. The Kier molecular flexibility index (Phi) is 4.81. The largest absolute Gasteiger partial charge is 0.448 e. The molecule has 2 aliphatic heterocycles. The van der Waals surface area contributed by atoms with Crippen molar-refractivity contribution in [3.05, 3.63) is 34.6 Å². The molecule has 2 heterocycles. The molecule has 2 saturated heterocycles. The van der Waals surface area contributed by atoms with Crippen molar-refractivity contribution in [2.24, 2.45) is 0 Å². The number of carbonyl (C=O) groups is 1. The molecule has 1 aromatic carbocycles. The number of nitrogens with zero attached hydrogens (tertiary/aromatic N) is 2. The monoisotopic (exact) mass is 328 g/mol. The number of halogens is 2. The minimum atomic E-state index is -0.425. The maximum atomic E-state index is 13.2. The second-order valence-corrected chi connectivity index (χ2v) is 5.84. The Morgan fingerprint density at radius 2 is 2.14 bits per heavy atom. The number of morpholine rings is 1. The molecule has 120 valence electrons. The zero-order valence-electron chi connectivity index (χ0n) is 12.1. The number of benzene rings is 1. The highest BCUT2D eigenvalue weighted by molar-refractivity contribution is 6.30. The summed E-state index contributed by atoms with van der Waals surface area (Å²) in [5.41, 5.74) is 0.872. The van der Waals surface area contributed by atoms with Gasteiger partial charge in [0.15, 0.2) is 0 Å². The van der Waals surface area contributed by atoms with Gasteiger partial charge in [0.1, 0.15) is 12.4 Å². The number of carbonyl (C=O) groups excluding carboxylic acids is 1. The highest BCUT2D eigenvalue weighted by Gasteiger charge is 2.25. The topological polar surface area (TPSA) is 42.0 Å². The van der Waals surface area contributed by atoms with Gasteiger partial charge >= 0.3 is 6.09 Å². The fourth-order valence-electron chi connectivity index (χ4n) is 2.71. The van der Waals surface area contributed by atoms with Crippen LogP contribution < -0.4 is 0 Å². The van der Waals surface area contributed by atoms with E-state index in [9.17, 15) is 9.18 Å². The van der Waals surface area contributed by atoms with E-state index < -0.39 is 5.82 Å². The lowest BCUT2D eigenvalue weighted by Gasteiger charge is -2.33. The number of hydrogen-bond acceptors (Lipinski definition) is 4. The molecule has 1 atom stereocenters. The van der Waals surface area contributed by atoms with E-state index in [0.717, 1.165) is 18.7 Å². The molecular weight excluding hydrogens is 311 g/mol. The minimum Gasteiger partial charge on any atom is -0.448 e. The fraction of sp³-hybridized carbons (Fsp3) is 0.533. The average Bonchev–Trinajstić information content (AvgIpc) is 2.93. The highest BCUT2D eigenvalue weighted by Crippen LogP contribution is 2.26. The first kappa shape index (κ1) is 15.5. The summed E-state index contributed by atoms with van der Waals surface area (Å²) in [4.78, 5) is 15.4. The van der Waals surface area contributed by atoms with Crippen LogP contribution in [0.5, 0.6) is 0 Å². The van der Waals surface area contributed by atoms with Crippen LogP contribution in [0.2, 0.25) is 5.02 Å². The van der Waals surface area contributed by atoms with Crippen molar-refractivity contribution in [1.29, 1.82) is 0 Å². The van der Waals surface area contributed by atoms with Crippen LogP contribution in [0, 0.1) is 5.82 Å². The Morgan fingerprint density at radius 3 is 2.86 bits per heavy atom. The zero-order valence-corrected chi connectivity index (χ0v) is 12.9. The maximum absolute atomic E-state index is 13.2. The van der Waals surface area contributed by atoms with Gasteiger partial charge in [-0.15, -0.1) is 0 Å². The van der Waals surface area contributed by atoms with Crippen molar-refractivity contribution >= 4 is 17.7 Å². The number of cyclic esters (lactones) is 1. The van der Waals surface area contributed by atoms with Gasteiger partial charge in [0.05, 0.1) is 24.3 Å². The normalized spacial score (nSPS) is 22.9. The molecule has 3 rings (SSSR count). The molecule has 1 unspecified atom stereocenters. The number of rotatable bonds is 4. The van der Waals surface area contributed by atoms with Crippen molar-refractivity contribution in [1.82, 2.24) is 9.80 Å². The molecule has 5 nitrogen and oxygen atoms in total. The SMILES string of the molecule is O=C1OCCN1CCN1CCOC(c2ccc(F)c(Cl)c2)C1. The molecule has 22 heavy (non-hydrogen) atoms. The van der Waals surface area contributed by atoms with Crippen LogP contribution in [0.25, 0.3) is 0 Å². The lowest BCUT2D eigenvalue weighted by Crippen LogP contribution is -2.42. The predicted octanol–water partition coefficient (Wildman–Crippen LogP) is 2.30. The van der Waals surface area contributed by atoms with Gasteiger partial charge in [-0.2, -0.15) is 0 Å². The first-order chi connectivity index (χ1) is 10.6. The Balaban J connectivity index is 1.56. The van der Waals surface area contributed by atoms with Crippen LogP contribution in [0.4, 0.5) is 9.18 Å². The third-order valence-electron chi connectivity index (χ3n) is 4.00. The number of amides is 1. The summed E-state index contributed by atoms with van der Waals surface area (Å²) < 4.78 is 23.9. The minimum absolute atomic E-state index is 0.109. The molecule has 1 amide bonds. The Labute approximate surface area is 133 Å². The van der Waals surface area contributed by atoms with Gasteiger partial charge in [-0.05, 0) is 17.7 Å². The molecule has 0 spiro atoms. The van der Waals surface area contributed by atoms with Crippen molar-refractivity contribution in [2.75, 3.05) is 45.9 Å². The third-order valence-corrected chi connectivity index (χ3v) is 4.29. The summed E-state index contributed by atoms with van der Waals surface area (Å²) in [6, 6.07) is 4.68. The summed E-state index contributed by atoms with van der Waals surface area (Å²) in [5, 5.41) is 0.109. The van der Waals surface area contributed by atoms with Crippen LogP contribution >= 0.6 is 11.6 Å². The molecule has 1 aromatic rings. The molecule has 0 aliphatic carbocycles. The second-order valence-electron chi connectivity index (χ2n) is 5.44. The van der Waals surface area contributed by atoms with Crippen LogP contribution in [0.15, 0.2) is 18.2 Å². The Morgan fingerprint density at radius 1 is 1.27 bits per heavy atom. The second kappa shape index (κ2) is 6.81. The van der Waals surface area contributed by atoms with Crippen molar-refractivity contribution in [3.63, 3.8) is 0 Å². The van der Waals surface area contributed by atoms with E-state index in [1.807, 2.05) is 0 Å². The molecule has 2 fully saturated rings. The van der Waals surface area contributed by atoms with Gasteiger partial charge in [0.25, 0.3) is 0 Å². The summed E-state index contributed by atoms with van der Waals surface area (Å²) in [5.74, 6) is -0.425. The van der Waals surface area contributed by atoms with Gasteiger partial charge in [-0.3, -0.25) is 4.90 Å². The molecular formula is C15H18ClFN2O3. The van der Waals surface area contributed by atoms with E-state index in [1.54, 1.807) is 17.0 Å². The summed E-state index contributed by atoms with van der Waals surface area (Å²) in [6.07, 6.45) is -0.368. The molecule has 2 aliphatic rings. The smallest absolute Gasteiger partial charge is 0.409 e. The van der Waals surface area contributed by atoms with Gasteiger partial charge in [-0.1, -0.05) is 17.7 Å². The highest BCUT2D eigenvalue weighted by atomic mass is 35.5. The lowest BCUT2D eigenvalue weighted by atomic mass is 10.1. The molecule has 0 aromatic heterocycles. The Hall–Kier alpha value is -1.37. The standard InChI is InChI=1S/C15H18ClFN2O3/c16-12-9-11(1-2-13(12)17)14-10-18(5-7-21-14)3-4-19-6-8-22-15(19)20/h1-2,9,14H,3-8,10H2.